The second-order valence-corrected chi connectivity index (χ2v) is 8.73. The van der Waals surface area contributed by atoms with Crippen LogP contribution in [0.3, 0.4) is 0 Å². The van der Waals surface area contributed by atoms with Gasteiger partial charge >= 0.3 is 0 Å². The third-order valence-corrected chi connectivity index (χ3v) is 6.51. The van der Waals surface area contributed by atoms with Gasteiger partial charge in [-0.25, -0.2) is 17.8 Å². The SMILES string of the molecule is CCCCNS(=O)(=O)c1ccc(-n2nc(C(N)=O)c3c2-c2cn[nH]c2CC3)cc1. The first-order valence-electron chi connectivity index (χ1n) is 9.46. The van der Waals surface area contributed by atoms with Gasteiger partial charge in [0, 0.05) is 23.4 Å². The molecule has 2 heterocycles. The highest BCUT2D eigenvalue weighted by atomic mass is 32.2. The lowest BCUT2D eigenvalue weighted by atomic mass is 9.93. The van der Waals surface area contributed by atoms with Gasteiger partial charge in [-0.05, 0) is 43.5 Å². The summed E-state index contributed by atoms with van der Waals surface area (Å²) in [7, 11) is -3.57. The highest BCUT2D eigenvalue weighted by molar-refractivity contribution is 7.89. The van der Waals surface area contributed by atoms with E-state index >= 15 is 0 Å². The Morgan fingerprint density at radius 2 is 2.03 bits per heavy atom. The molecule has 0 spiro atoms. The second kappa shape index (κ2) is 7.45. The Morgan fingerprint density at radius 3 is 2.72 bits per heavy atom. The van der Waals surface area contributed by atoms with Crippen LogP contribution < -0.4 is 10.5 Å². The van der Waals surface area contributed by atoms with E-state index in [-0.39, 0.29) is 10.6 Å². The fourth-order valence-corrected chi connectivity index (χ4v) is 4.61. The molecule has 0 radical (unpaired) electrons. The van der Waals surface area contributed by atoms with Crippen molar-refractivity contribution in [2.75, 3.05) is 6.54 Å². The first-order valence-corrected chi connectivity index (χ1v) is 10.9. The molecular formula is C19H22N6O3S. The molecule has 4 N–H and O–H groups in total. The first kappa shape index (κ1) is 19.3. The van der Waals surface area contributed by atoms with E-state index in [0.29, 0.717) is 18.7 Å². The van der Waals surface area contributed by atoms with Crippen molar-refractivity contribution in [1.82, 2.24) is 24.7 Å². The molecule has 0 unspecified atom stereocenters. The number of rotatable bonds is 7. The molecule has 0 saturated heterocycles. The number of aromatic nitrogens is 4. The summed E-state index contributed by atoms with van der Waals surface area (Å²) in [5.74, 6) is -0.591. The highest BCUT2D eigenvalue weighted by Crippen LogP contribution is 2.35. The van der Waals surface area contributed by atoms with Crippen LogP contribution in [0.25, 0.3) is 16.9 Å². The number of nitrogens with one attached hydrogen (secondary N) is 2. The molecule has 29 heavy (non-hydrogen) atoms. The topological polar surface area (TPSA) is 136 Å². The molecule has 0 bridgehead atoms. The predicted molar refractivity (Wildman–Crippen MR) is 107 cm³/mol. The van der Waals surface area contributed by atoms with Crippen molar-refractivity contribution < 1.29 is 13.2 Å². The fourth-order valence-electron chi connectivity index (χ4n) is 3.54. The van der Waals surface area contributed by atoms with Crippen LogP contribution in [0, 0.1) is 0 Å². The average Bonchev–Trinajstić information content (AvgIpc) is 3.32. The number of amides is 1. The molecule has 2 aromatic heterocycles. The van der Waals surface area contributed by atoms with Gasteiger partial charge in [0.15, 0.2) is 5.69 Å². The molecule has 1 aromatic carbocycles. The second-order valence-electron chi connectivity index (χ2n) is 6.96. The number of carbonyl (C=O) groups is 1. The Morgan fingerprint density at radius 1 is 1.28 bits per heavy atom. The van der Waals surface area contributed by atoms with Crippen molar-refractivity contribution >= 4 is 15.9 Å². The molecule has 0 fully saturated rings. The molecule has 1 amide bonds. The summed E-state index contributed by atoms with van der Waals surface area (Å²) in [6.07, 6.45) is 4.72. The number of sulfonamides is 1. The minimum absolute atomic E-state index is 0.178. The minimum Gasteiger partial charge on any atom is -0.364 e. The van der Waals surface area contributed by atoms with Crippen LogP contribution in [-0.2, 0) is 22.9 Å². The van der Waals surface area contributed by atoms with Crippen molar-refractivity contribution in [2.24, 2.45) is 5.73 Å². The largest absolute Gasteiger partial charge is 0.364 e. The number of fused-ring (bicyclic) bond motifs is 3. The summed E-state index contributed by atoms with van der Waals surface area (Å²) in [6, 6.07) is 6.39. The van der Waals surface area contributed by atoms with Crippen LogP contribution in [-0.4, -0.2) is 40.8 Å². The monoisotopic (exact) mass is 414 g/mol. The number of H-pyrrole nitrogens is 1. The van der Waals surface area contributed by atoms with Crippen LogP contribution in [0.1, 0.15) is 41.5 Å². The van der Waals surface area contributed by atoms with Crippen LogP contribution in [0.2, 0.25) is 0 Å². The molecule has 3 aromatic rings. The number of nitrogens with zero attached hydrogens (tertiary/aromatic N) is 3. The van der Waals surface area contributed by atoms with Gasteiger partial charge in [0.1, 0.15) is 0 Å². The minimum atomic E-state index is -3.57. The summed E-state index contributed by atoms with van der Waals surface area (Å²) >= 11 is 0. The van der Waals surface area contributed by atoms with E-state index in [2.05, 4.69) is 20.0 Å². The summed E-state index contributed by atoms with van der Waals surface area (Å²) in [4.78, 5) is 12.1. The Hall–Kier alpha value is -2.98. The van der Waals surface area contributed by atoms with E-state index in [1.807, 2.05) is 6.92 Å². The van der Waals surface area contributed by atoms with E-state index in [9.17, 15) is 13.2 Å². The smallest absolute Gasteiger partial charge is 0.269 e. The lowest BCUT2D eigenvalue weighted by Crippen LogP contribution is -2.24. The van der Waals surface area contributed by atoms with Crippen LogP contribution >= 0.6 is 0 Å². The lowest BCUT2D eigenvalue weighted by molar-refractivity contribution is 0.0994. The molecule has 1 aliphatic carbocycles. The van der Waals surface area contributed by atoms with Crippen molar-refractivity contribution in [2.45, 2.75) is 37.5 Å². The number of carbonyl (C=O) groups excluding carboxylic acids is 1. The van der Waals surface area contributed by atoms with Gasteiger partial charge in [0.2, 0.25) is 10.0 Å². The quantitative estimate of drug-likeness (QED) is 0.504. The zero-order valence-electron chi connectivity index (χ0n) is 16.0. The number of hydrogen-bond acceptors (Lipinski definition) is 5. The van der Waals surface area contributed by atoms with E-state index in [4.69, 9.17) is 5.73 Å². The summed E-state index contributed by atoms with van der Waals surface area (Å²) < 4.78 is 29.0. The molecule has 152 valence electrons. The van der Waals surface area contributed by atoms with Crippen LogP contribution in [0.5, 0.6) is 0 Å². The zero-order valence-corrected chi connectivity index (χ0v) is 16.8. The fraction of sp³-hybridized carbons (Fsp3) is 0.316. The van der Waals surface area contributed by atoms with Gasteiger partial charge in [0.05, 0.1) is 22.5 Å². The number of unbranched alkanes of at least 4 members (excludes halogenated alkanes) is 1. The van der Waals surface area contributed by atoms with Crippen molar-refractivity contribution in [3.8, 4) is 16.9 Å². The third-order valence-electron chi connectivity index (χ3n) is 5.03. The van der Waals surface area contributed by atoms with Gasteiger partial charge in [-0.3, -0.25) is 9.89 Å². The van der Waals surface area contributed by atoms with Crippen LogP contribution in [0.4, 0.5) is 0 Å². The number of nitrogens with two attached hydrogens (primary N) is 1. The highest BCUT2D eigenvalue weighted by Gasteiger charge is 2.29. The number of aromatic amines is 1. The summed E-state index contributed by atoms with van der Waals surface area (Å²) in [5.41, 5.74) is 9.77. The van der Waals surface area contributed by atoms with E-state index in [1.165, 1.54) is 12.1 Å². The maximum atomic E-state index is 12.4. The van der Waals surface area contributed by atoms with Gasteiger partial charge < -0.3 is 5.73 Å². The van der Waals surface area contributed by atoms with Crippen LogP contribution in [0.15, 0.2) is 35.4 Å². The average molecular weight is 414 g/mol. The maximum absolute atomic E-state index is 12.4. The molecule has 0 aliphatic heterocycles. The summed E-state index contributed by atoms with van der Waals surface area (Å²) in [6.45, 7) is 2.40. The normalized spacial score (nSPS) is 13.1. The Bertz CT molecular complexity index is 1160. The standard InChI is InChI=1S/C19H22N6O3S/c1-2-3-10-22-29(27,28)13-6-4-12(5-7-13)25-18-14(17(24-25)19(20)26)8-9-16-15(18)11-21-23-16/h4-7,11,22H,2-3,8-10H2,1H3,(H2,20,26)(H,21,23). The molecule has 9 nitrogen and oxygen atoms in total. The number of benzene rings is 1. The molecule has 0 saturated carbocycles. The van der Waals surface area contributed by atoms with Gasteiger partial charge in [0.25, 0.3) is 5.91 Å². The number of hydrogen-bond donors (Lipinski definition) is 3. The lowest BCUT2D eigenvalue weighted by Gasteiger charge is -2.15. The Kier molecular flexibility index (Phi) is 4.97. The maximum Gasteiger partial charge on any atom is 0.269 e. The van der Waals surface area contributed by atoms with Crippen molar-refractivity contribution in [3.05, 3.63) is 47.4 Å². The summed E-state index contributed by atoms with van der Waals surface area (Å²) in [5, 5.41) is 11.5. The Labute approximate surface area is 168 Å². The number of primary amides is 1. The molecule has 10 heteroatoms. The molecular weight excluding hydrogens is 392 g/mol. The van der Waals surface area contributed by atoms with E-state index in [1.54, 1.807) is 23.0 Å². The molecule has 1 aliphatic rings. The van der Waals surface area contributed by atoms with E-state index < -0.39 is 15.9 Å². The van der Waals surface area contributed by atoms with E-state index in [0.717, 1.165) is 41.8 Å². The molecule has 0 atom stereocenters. The molecule has 4 rings (SSSR count). The first-order chi connectivity index (χ1) is 13.9. The predicted octanol–water partition coefficient (Wildman–Crippen LogP) is 1.54. The van der Waals surface area contributed by atoms with Gasteiger partial charge in [-0.2, -0.15) is 10.2 Å². The zero-order chi connectivity index (χ0) is 20.6. The van der Waals surface area contributed by atoms with Gasteiger partial charge in [-0.15, -0.1) is 0 Å². The Balaban J connectivity index is 1.74. The van der Waals surface area contributed by atoms with Gasteiger partial charge in [-0.1, -0.05) is 13.3 Å². The number of aryl methyl sites for hydroxylation is 1. The van der Waals surface area contributed by atoms with Crippen molar-refractivity contribution in [1.29, 1.82) is 0 Å². The third kappa shape index (κ3) is 3.45. The van der Waals surface area contributed by atoms with Crippen molar-refractivity contribution in [3.63, 3.8) is 0 Å².